The Morgan fingerprint density at radius 1 is 1.11 bits per heavy atom. The quantitative estimate of drug-likeness (QED) is 0.485. The Morgan fingerprint density at radius 2 is 1.81 bits per heavy atom. The molecule has 0 aromatic heterocycles. The molecule has 188 valence electrons. The van der Waals surface area contributed by atoms with Crippen LogP contribution in [-0.2, 0) is 16.1 Å². The van der Waals surface area contributed by atoms with E-state index in [1.54, 1.807) is 12.3 Å². The van der Waals surface area contributed by atoms with Gasteiger partial charge in [-0.25, -0.2) is 8.78 Å². The number of rotatable bonds is 5. The number of allylic oxidation sites excluding steroid dienone is 2. The Hall–Kier alpha value is -3.35. The first-order valence-electron chi connectivity index (χ1n) is 12.4. The molecule has 36 heavy (non-hydrogen) atoms. The van der Waals surface area contributed by atoms with Crippen LogP contribution in [-0.4, -0.2) is 19.0 Å². The van der Waals surface area contributed by atoms with Crippen molar-refractivity contribution in [2.45, 2.75) is 64.5 Å². The first kappa shape index (κ1) is 24.3. The third-order valence-electron chi connectivity index (χ3n) is 7.78. The van der Waals surface area contributed by atoms with Gasteiger partial charge in [0.15, 0.2) is 11.9 Å². The van der Waals surface area contributed by atoms with Crippen LogP contribution < -0.4 is 10.2 Å². The standard InChI is InChI=1S/C29H32F2N4O/c1-6-29(22-17-32-34-26(22)33-23-15-27(2,3)16-24(36)25(23)29)19-10-8-12-21(14-19)35(5)20-11-7-9-18(13-20)28(4,30)31/h7-14,17,26,33H,6,15-16H2,1-5H3/t26?,29-/m0/s1. The topological polar surface area (TPSA) is 57.1 Å². The van der Waals surface area contributed by atoms with Crippen molar-refractivity contribution < 1.29 is 13.6 Å². The fourth-order valence-corrected chi connectivity index (χ4v) is 6.01. The Labute approximate surface area is 211 Å². The molecule has 0 fully saturated rings. The van der Waals surface area contributed by atoms with Crippen molar-refractivity contribution in [3.05, 3.63) is 82.7 Å². The largest absolute Gasteiger partial charge is 0.362 e. The summed E-state index contributed by atoms with van der Waals surface area (Å²) < 4.78 is 28.0. The molecule has 5 nitrogen and oxygen atoms in total. The van der Waals surface area contributed by atoms with Crippen LogP contribution >= 0.6 is 0 Å². The van der Waals surface area contributed by atoms with Gasteiger partial charge in [0.1, 0.15) is 0 Å². The summed E-state index contributed by atoms with van der Waals surface area (Å²) >= 11 is 0. The van der Waals surface area contributed by atoms with Gasteiger partial charge in [-0.2, -0.15) is 10.2 Å². The number of carbonyl (C=O) groups is 1. The molecule has 2 atom stereocenters. The molecule has 1 unspecified atom stereocenters. The first-order chi connectivity index (χ1) is 17.0. The molecular formula is C29H32F2N4O. The average Bonchev–Trinajstić information content (AvgIpc) is 3.30. The molecule has 0 saturated heterocycles. The number of halogens is 2. The molecule has 1 N–H and O–H groups in total. The Balaban J connectivity index is 1.64. The lowest BCUT2D eigenvalue weighted by atomic mass is 9.59. The number of ketones is 1. The van der Waals surface area contributed by atoms with Gasteiger partial charge >= 0.3 is 0 Å². The maximum absolute atomic E-state index is 14.0. The highest BCUT2D eigenvalue weighted by molar-refractivity contribution is 6.01. The number of nitrogens with zero attached hydrogens (tertiary/aromatic N) is 3. The summed E-state index contributed by atoms with van der Waals surface area (Å²) in [6.07, 6.45) is 3.43. The van der Waals surface area contributed by atoms with Gasteiger partial charge in [-0.1, -0.05) is 45.0 Å². The van der Waals surface area contributed by atoms with Crippen LogP contribution in [0.15, 0.2) is 81.8 Å². The number of azo groups is 1. The van der Waals surface area contributed by atoms with Gasteiger partial charge in [0, 0.05) is 54.2 Å². The predicted octanol–water partition coefficient (Wildman–Crippen LogP) is 7.14. The summed E-state index contributed by atoms with van der Waals surface area (Å²) in [6, 6.07) is 14.5. The van der Waals surface area contributed by atoms with Gasteiger partial charge in [0.05, 0.1) is 11.6 Å². The molecular weight excluding hydrogens is 458 g/mol. The summed E-state index contributed by atoms with van der Waals surface area (Å²) in [6.45, 7) is 7.25. The number of alkyl halides is 2. The average molecular weight is 491 g/mol. The summed E-state index contributed by atoms with van der Waals surface area (Å²) in [7, 11) is 1.87. The van der Waals surface area contributed by atoms with E-state index < -0.39 is 11.3 Å². The van der Waals surface area contributed by atoms with Gasteiger partial charge in [-0.3, -0.25) is 4.79 Å². The first-order valence-corrected chi connectivity index (χ1v) is 12.4. The van der Waals surface area contributed by atoms with E-state index in [-0.39, 0.29) is 22.9 Å². The van der Waals surface area contributed by atoms with Gasteiger partial charge in [0.25, 0.3) is 5.92 Å². The van der Waals surface area contributed by atoms with E-state index >= 15 is 0 Å². The van der Waals surface area contributed by atoms with Crippen molar-refractivity contribution in [1.29, 1.82) is 0 Å². The number of benzene rings is 2. The molecule has 1 aliphatic carbocycles. The number of hydrogen-bond donors (Lipinski definition) is 1. The van der Waals surface area contributed by atoms with Gasteiger partial charge < -0.3 is 10.2 Å². The predicted molar refractivity (Wildman–Crippen MR) is 137 cm³/mol. The van der Waals surface area contributed by atoms with E-state index in [1.165, 1.54) is 12.1 Å². The van der Waals surface area contributed by atoms with Crippen molar-refractivity contribution in [2.75, 3.05) is 11.9 Å². The number of fused-ring (bicyclic) bond motifs is 1. The highest BCUT2D eigenvalue weighted by Crippen LogP contribution is 2.54. The van der Waals surface area contributed by atoms with Crippen molar-refractivity contribution in [3.63, 3.8) is 0 Å². The molecule has 7 heteroatoms. The lowest BCUT2D eigenvalue weighted by Crippen LogP contribution is -2.51. The molecule has 0 spiro atoms. The van der Waals surface area contributed by atoms with Crippen LogP contribution in [0.25, 0.3) is 0 Å². The van der Waals surface area contributed by atoms with E-state index in [0.29, 0.717) is 18.5 Å². The summed E-state index contributed by atoms with van der Waals surface area (Å²) in [5, 5.41) is 12.2. The molecule has 3 aliphatic rings. The minimum Gasteiger partial charge on any atom is -0.362 e. The van der Waals surface area contributed by atoms with Crippen LogP contribution in [0.1, 0.15) is 58.1 Å². The number of nitrogens with one attached hydrogen (secondary N) is 1. The molecule has 0 saturated carbocycles. The molecule has 0 bridgehead atoms. The maximum Gasteiger partial charge on any atom is 0.270 e. The second kappa shape index (κ2) is 8.36. The third kappa shape index (κ3) is 3.85. The highest BCUT2D eigenvalue weighted by Gasteiger charge is 2.53. The van der Waals surface area contributed by atoms with E-state index in [1.807, 2.05) is 30.1 Å². The van der Waals surface area contributed by atoms with Crippen molar-refractivity contribution in [1.82, 2.24) is 5.32 Å². The van der Waals surface area contributed by atoms with Crippen molar-refractivity contribution in [3.8, 4) is 0 Å². The van der Waals surface area contributed by atoms with Gasteiger partial charge in [-0.05, 0) is 48.1 Å². The fourth-order valence-electron chi connectivity index (χ4n) is 6.01. The Kier molecular flexibility index (Phi) is 5.65. The monoisotopic (exact) mass is 490 g/mol. The maximum atomic E-state index is 14.0. The molecule has 2 aromatic carbocycles. The highest BCUT2D eigenvalue weighted by atomic mass is 19.3. The van der Waals surface area contributed by atoms with Crippen molar-refractivity contribution >= 4 is 17.2 Å². The van der Waals surface area contributed by atoms with Crippen LogP contribution in [0, 0.1) is 5.41 Å². The second-order valence-corrected chi connectivity index (χ2v) is 11.0. The molecule has 0 amide bonds. The zero-order chi connectivity index (χ0) is 25.9. The van der Waals surface area contributed by atoms with E-state index in [4.69, 9.17) is 0 Å². The lowest BCUT2D eigenvalue weighted by molar-refractivity contribution is -0.119. The second-order valence-electron chi connectivity index (χ2n) is 11.0. The number of Topliss-reactive ketones (excluding diaryl/α,β-unsaturated/α-hetero) is 1. The van der Waals surface area contributed by atoms with Crippen LogP contribution in [0.5, 0.6) is 0 Å². The normalized spacial score (nSPS) is 24.7. The lowest BCUT2D eigenvalue weighted by Gasteiger charge is -2.48. The molecule has 2 heterocycles. The minimum atomic E-state index is -2.92. The Morgan fingerprint density at radius 3 is 2.50 bits per heavy atom. The smallest absolute Gasteiger partial charge is 0.270 e. The van der Waals surface area contributed by atoms with E-state index in [0.717, 1.165) is 41.4 Å². The number of anilines is 2. The number of hydrogen-bond acceptors (Lipinski definition) is 5. The van der Waals surface area contributed by atoms with Crippen LogP contribution in [0.4, 0.5) is 20.2 Å². The SMILES string of the molecule is CC[C@]1(c2cccc(N(C)c3cccc(C(C)(F)F)c3)c2)C2=CN=NC2NC2=C1C(=O)CC(C)(C)C2. The van der Waals surface area contributed by atoms with Crippen LogP contribution in [0.2, 0.25) is 0 Å². The number of carbonyl (C=O) groups excluding carboxylic acids is 1. The van der Waals surface area contributed by atoms with Crippen molar-refractivity contribution in [2.24, 2.45) is 15.6 Å². The zero-order valence-corrected chi connectivity index (χ0v) is 21.4. The molecule has 2 aliphatic heterocycles. The zero-order valence-electron chi connectivity index (χ0n) is 21.4. The van der Waals surface area contributed by atoms with E-state index in [9.17, 15) is 13.6 Å². The van der Waals surface area contributed by atoms with Gasteiger partial charge in [-0.15, -0.1) is 0 Å². The molecule has 0 radical (unpaired) electrons. The molecule has 5 rings (SSSR count). The van der Waals surface area contributed by atoms with E-state index in [2.05, 4.69) is 48.4 Å². The molecule has 2 aromatic rings. The van der Waals surface area contributed by atoms with Crippen LogP contribution in [0.3, 0.4) is 0 Å². The summed E-state index contributed by atoms with van der Waals surface area (Å²) in [4.78, 5) is 15.6. The third-order valence-corrected chi connectivity index (χ3v) is 7.78. The minimum absolute atomic E-state index is 0.0289. The Bertz CT molecular complexity index is 1320. The summed E-state index contributed by atoms with van der Waals surface area (Å²) in [5.41, 5.74) is 4.43. The summed E-state index contributed by atoms with van der Waals surface area (Å²) in [5.74, 6) is -2.77. The van der Waals surface area contributed by atoms with Gasteiger partial charge in [0.2, 0.25) is 0 Å². The fraction of sp³-hybridized carbons (Fsp3) is 0.414.